The van der Waals surface area contributed by atoms with Crippen LogP contribution in [0.5, 0.6) is 0 Å². The van der Waals surface area contributed by atoms with Gasteiger partial charge < -0.3 is 5.32 Å². The molecule has 0 aliphatic rings. The van der Waals surface area contributed by atoms with E-state index in [1.165, 1.54) is 0 Å². The van der Waals surface area contributed by atoms with Crippen LogP contribution in [0.15, 0.2) is 24.3 Å². The zero-order chi connectivity index (χ0) is 16.9. The molecule has 0 aliphatic carbocycles. The minimum Gasteiger partial charge on any atom is -0.354 e. The molecule has 0 saturated carbocycles. The van der Waals surface area contributed by atoms with Gasteiger partial charge in [-0.1, -0.05) is 38.4 Å². The number of hydrogen-bond donors (Lipinski definition) is 1. The lowest BCUT2D eigenvalue weighted by atomic mass is 10.1. The maximum Gasteiger partial charge on any atom is 0.243 e. The van der Waals surface area contributed by atoms with Crippen molar-refractivity contribution in [1.29, 1.82) is 0 Å². The van der Waals surface area contributed by atoms with Crippen LogP contribution in [-0.4, -0.2) is 33.2 Å². The zero-order valence-electron chi connectivity index (χ0n) is 13.3. The second kappa shape index (κ2) is 7.83. The van der Waals surface area contributed by atoms with Gasteiger partial charge in [0.1, 0.15) is 6.04 Å². The highest BCUT2D eigenvalue weighted by molar-refractivity contribution is 7.92. The van der Waals surface area contributed by atoms with E-state index in [1.54, 1.807) is 31.2 Å². The van der Waals surface area contributed by atoms with Crippen molar-refractivity contribution >= 4 is 33.2 Å². The van der Waals surface area contributed by atoms with Crippen molar-refractivity contribution in [3.63, 3.8) is 0 Å². The molecular weight excluding hydrogens is 324 g/mol. The number of anilines is 1. The van der Waals surface area contributed by atoms with E-state index in [4.69, 9.17) is 11.6 Å². The van der Waals surface area contributed by atoms with E-state index in [9.17, 15) is 13.2 Å². The van der Waals surface area contributed by atoms with Gasteiger partial charge in [-0.25, -0.2) is 8.42 Å². The number of halogens is 1. The monoisotopic (exact) mass is 346 g/mol. The zero-order valence-corrected chi connectivity index (χ0v) is 14.9. The van der Waals surface area contributed by atoms with Gasteiger partial charge in [0, 0.05) is 11.6 Å². The van der Waals surface area contributed by atoms with E-state index < -0.39 is 16.1 Å². The van der Waals surface area contributed by atoms with Crippen molar-refractivity contribution in [2.45, 2.75) is 33.2 Å². The molecule has 1 N–H and O–H groups in total. The molecule has 7 heteroatoms. The third kappa shape index (κ3) is 5.18. The molecule has 0 aliphatic heterocycles. The van der Waals surface area contributed by atoms with Crippen molar-refractivity contribution in [2.75, 3.05) is 17.1 Å². The first-order chi connectivity index (χ1) is 10.2. The van der Waals surface area contributed by atoms with Crippen LogP contribution < -0.4 is 9.62 Å². The molecule has 1 amide bonds. The third-order valence-corrected chi connectivity index (χ3v) is 4.49. The average molecular weight is 347 g/mol. The fourth-order valence-electron chi connectivity index (χ4n) is 2.10. The molecule has 0 fully saturated rings. The molecule has 0 heterocycles. The topological polar surface area (TPSA) is 66.5 Å². The molecule has 1 rings (SSSR count). The van der Waals surface area contributed by atoms with E-state index in [2.05, 4.69) is 5.32 Å². The Bertz CT molecular complexity index is 617. The molecule has 5 nitrogen and oxygen atoms in total. The number of nitrogens with zero attached hydrogens (tertiary/aromatic N) is 1. The van der Waals surface area contributed by atoms with Crippen LogP contribution >= 0.6 is 11.6 Å². The number of rotatable bonds is 7. The molecular formula is C15H23ClN2O3S. The number of nitrogens with one attached hydrogen (secondary N) is 1. The molecule has 0 radical (unpaired) electrons. The summed E-state index contributed by atoms with van der Waals surface area (Å²) in [7, 11) is -3.62. The second-order valence-corrected chi connectivity index (χ2v) is 7.90. The van der Waals surface area contributed by atoms with E-state index in [1.807, 2.05) is 13.8 Å². The van der Waals surface area contributed by atoms with Gasteiger partial charge in [-0.3, -0.25) is 9.10 Å². The molecule has 0 bridgehead atoms. The third-order valence-electron chi connectivity index (χ3n) is 3.08. The summed E-state index contributed by atoms with van der Waals surface area (Å²) in [5.74, 6) is -0.0130. The lowest BCUT2D eigenvalue weighted by molar-refractivity contribution is -0.122. The quantitative estimate of drug-likeness (QED) is 0.825. The highest BCUT2D eigenvalue weighted by Crippen LogP contribution is 2.25. The minimum atomic E-state index is -3.62. The number of carbonyl (C=O) groups is 1. The first-order valence-corrected chi connectivity index (χ1v) is 9.42. The van der Waals surface area contributed by atoms with Crippen LogP contribution in [0.25, 0.3) is 0 Å². The van der Waals surface area contributed by atoms with Gasteiger partial charge in [-0.15, -0.1) is 0 Å². The Hall–Kier alpha value is -1.27. The number of amides is 1. The Labute approximate surface area is 137 Å². The number of sulfonamides is 1. The summed E-state index contributed by atoms with van der Waals surface area (Å²) >= 11 is 5.95. The van der Waals surface area contributed by atoms with Crippen molar-refractivity contribution in [3.8, 4) is 0 Å². The van der Waals surface area contributed by atoms with Crippen LogP contribution in [0, 0.1) is 5.92 Å². The lowest BCUT2D eigenvalue weighted by Crippen LogP contribution is -2.49. The Balaban J connectivity index is 3.17. The number of carbonyl (C=O) groups excluding carboxylic acids is 1. The highest BCUT2D eigenvalue weighted by atomic mass is 35.5. The van der Waals surface area contributed by atoms with E-state index >= 15 is 0 Å². The van der Waals surface area contributed by atoms with Gasteiger partial charge in [-0.05, 0) is 30.5 Å². The Morgan fingerprint density at radius 1 is 1.36 bits per heavy atom. The Kier molecular flexibility index (Phi) is 6.68. The van der Waals surface area contributed by atoms with Gasteiger partial charge in [0.2, 0.25) is 15.9 Å². The minimum absolute atomic E-state index is 0.291. The molecule has 0 spiro atoms. The molecule has 0 unspecified atom stereocenters. The molecule has 1 aromatic carbocycles. The lowest BCUT2D eigenvalue weighted by Gasteiger charge is -2.30. The molecule has 0 aromatic heterocycles. The fraction of sp³-hybridized carbons (Fsp3) is 0.533. The fourth-order valence-corrected chi connectivity index (χ4v) is 3.48. The number of hydrogen-bond acceptors (Lipinski definition) is 3. The molecule has 0 saturated heterocycles. The first kappa shape index (κ1) is 18.8. The molecule has 124 valence electrons. The highest BCUT2D eigenvalue weighted by Gasteiger charge is 2.31. The van der Waals surface area contributed by atoms with Crippen LogP contribution in [0.1, 0.15) is 27.2 Å². The maximum atomic E-state index is 12.4. The standard InChI is InChI=1S/C15H23ClN2O3S/c1-5-14(15(19)17-10-11(2)3)18(22(4,20)21)13-8-6-7-12(16)9-13/h6-9,11,14H,5,10H2,1-4H3,(H,17,19)/t14-/m1/s1. The van der Waals surface area contributed by atoms with Crippen molar-refractivity contribution in [2.24, 2.45) is 5.92 Å². The smallest absolute Gasteiger partial charge is 0.243 e. The Morgan fingerprint density at radius 3 is 2.45 bits per heavy atom. The summed E-state index contributed by atoms with van der Waals surface area (Å²) < 4.78 is 25.5. The van der Waals surface area contributed by atoms with Gasteiger partial charge in [-0.2, -0.15) is 0 Å². The predicted octanol–water partition coefficient (Wildman–Crippen LogP) is 2.66. The number of benzene rings is 1. The van der Waals surface area contributed by atoms with Crippen molar-refractivity contribution < 1.29 is 13.2 Å². The summed E-state index contributed by atoms with van der Waals surface area (Å²) in [6, 6.07) is 5.69. The summed E-state index contributed by atoms with van der Waals surface area (Å²) in [5.41, 5.74) is 0.390. The summed E-state index contributed by atoms with van der Waals surface area (Å²) in [6.45, 7) is 6.24. The first-order valence-electron chi connectivity index (χ1n) is 7.19. The van der Waals surface area contributed by atoms with Gasteiger partial charge in [0.15, 0.2) is 0 Å². The molecule has 1 aromatic rings. The predicted molar refractivity (Wildman–Crippen MR) is 90.7 cm³/mol. The van der Waals surface area contributed by atoms with Crippen LogP contribution in [0.3, 0.4) is 0 Å². The van der Waals surface area contributed by atoms with Crippen molar-refractivity contribution in [1.82, 2.24) is 5.32 Å². The SMILES string of the molecule is CC[C@H](C(=O)NCC(C)C)N(c1cccc(Cl)c1)S(C)(=O)=O. The van der Waals surface area contributed by atoms with Gasteiger partial charge in [0.25, 0.3) is 0 Å². The van der Waals surface area contributed by atoms with Crippen LogP contribution in [-0.2, 0) is 14.8 Å². The summed E-state index contributed by atoms with van der Waals surface area (Å²) in [6.07, 6.45) is 1.45. The Morgan fingerprint density at radius 2 is 2.00 bits per heavy atom. The summed E-state index contributed by atoms with van der Waals surface area (Å²) in [4.78, 5) is 12.4. The second-order valence-electron chi connectivity index (χ2n) is 5.60. The summed E-state index contributed by atoms with van der Waals surface area (Å²) in [5, 5.41) is 3.21. The van der Waals surface area contributed by atoms with E-state index in [-0.39, 0.29) is 5.91 Å². The van der Waals surface area contributed by atoms with Gasteiger partial charge >= 0.3 is 0 Å². The molecule has 22 heavy (non-hydrogen) atoms. The van der Waals surface area contributed by atoms with Crippen LogP contribution in [0.4, 0.5) is 5.69 Å². The largest absolute Gasteiger partial charge is 0.354 e. The van der Waals surface area contributed by atoms with Crippen molar-refractivity contribution in [3.05, 3.63) is 29.3 Å². The molecule has 1 atom stereocenters. The average Bonchev–Trinajstić information content (AvgIpc) is 2.40. The normalized spacial score (nSPS) is 13.0. The van der Waals surface area contributed by atoms with Gasteiger partial charge in [0.05, 0.1) is 11.9 Å². The van der Waals surface area contributed by atoms with Crippen LogP contribution in [0.2, 0.25) is 5.02 Å². The maximum absolute atomic E-state index is 12.4. The van der Waals surface area contributed by atoms with E-state index in [0.29, 0.717) is 29.6 Å². The van der Waals surface area contributed by atoms with E-state index in [0.717, 1.165) is 10.6 Å².